The van der Waals surface area contributed by atoms with E-state index in [1.807, 2.05) is 56.7 Å². The van der Waals surface area contributed by atoms with Gasteiger partial charge < -0.3 is 16.8 Å². The van der Waals surface area contributed by atoms with Crippen LogP contribution in [0.3, 0.4) is 0 Å². The van der Waals surface area contributed by atoms with Crippen molar-refractivity contribution in [2.75, 3.05) is 16.8 Å². The summed E-state index contributed by atoms with van der Waals surface area (Å²) in [6.45, 7) is 1.96. The first kappa shape index (κ1) is 19.0. The molecule has 2 atom stereocenters. The smallest absolute Gasteiger partial charge is 0.229 e. The van der Waals surface area contributed by atoms with Crippen LogP contribution < -0.4 is 16.8 Å². The zero-order chi connectivity index (χ0) is 21.7. The van der Waals surface area contributed by atoms with Gasteiger partial charge in [0, 0.05) is 42.0 Å². The third-order valence-electron chi connectivity index (χ3n) is 5.93. The van der Waals surface area contributed by atoms with Gasteiger partial charge in [-0.2, -0.15) is 5.10 Å². The normalized spacial score (nSPS) is 17.6. The molecule has 8 heteroatoms. The number of hydrogen-bond acceptors (Lipinski definition) is 6. The van der Waals surface area contributed by atoms with Crippen LogP contribution in [-0.2, 0) is 11.8 Å². The molecule has 1 aliphatic rings. The maximum atomic E-state index is 12.7. The summed E-state index contributed by atoms with van der Waals surface area (Å²) in [5.41, 5.74) is 16.7. The summed E-state index contributed by atoms with van der Waals surface area (Å²) in [7, 11) is 1.88. The van der Waals surface area contributed by atoms with E-state index >= 15 is 0 Å². The zero-order valence-corrected chi connectivity index (χ0v) is 17.3. The largest absolute Gasteiger partial charge is 0.398 e. The molecule has 4 aromatic rings. The number of carbonyl (C=O) groups excluding carboxylic acids is 1. The van der Waals surface area contributed by atoms with Gasteiger partial charge in [0.1, 0.15) is 11.6 Å². The number of benzene rings is 1. The van der Waals surface area contributed by atoms with Crippen molar-refractivity contribution in [1.29, 1.82) is 0 Å². The van der Waals surface area contributed by atoms with Crippen molar-refractivity contribution in [2.24, 2.45) is 13.0 Å². The minimum Gasteiger partial charge on any atom is -0.398 e. The monoisotopic (exact) mass is 413 g/mol. The molecule has 0 spiro atoms. The highest BCUT2D eigenvalue weighted by Gasteiger charge is 2.44. The van der Waals surface area contributed by atoms with Gasteiger partial charge in [0.2, 0.25) is 5.91 Å². The van der Waals surface area contributed by atoms with Crippen LogP contribution in [0, 0.1) is 12.8 Å². The van der Waals surface area contributed by atoms with E-state index in [9.17, 15) is 4.79 Å². The zero-order valence-electron chi connectivity index (χ0n) is 17.3. The number of nitrogens with one attached hydrogen (secondary N) is 1. The van der Waals surface area contributed by atoms with E-state index in [1.54, 1.807) is 10.9 Å². The summed E-state index contributed by atoms with van der Waals surface area (Å²) >= 11 is 0. The molecule has 0 saturated heterocycles. The summed E-state index contributed by atoms with van der Waals surface area (Å²) < 4.78 is 1.76. The Kier molecular flexibility index (Phi) is 4.35. The first-order valence-corrected chi connectivity index (χ1v) is 10.1. The number of anilines is 3. The third kappa shape index (κ3) is 3.46. The average molecular weight is 413 g/mol. The van der Waals surface area contributed by atoms with Crippen LogP contribution in [0.25, 0.3) is 22.0 Å². The predicted molar refractivity (Wildman–Crippen MR) is 121 cm³/mol. The average Bonchev–Trinajstić information content (AvgIpc) is 3.43. The lowest BCUT2D eigenvalue weighted by molar-refractivity contribution is -0.117. The number of rotatable bonds is 4. The van der Waals surface area contributed by atoms with Crippen molar-refractivity contribution < 1.29 is 4.79 Å². The lowest BCUT2D eigenvalue weighted by Crippen LogP contribution is -2.15. The number of aryl methyl sites for hydroxylation is 1. The molecule has 0 aliphatic heterocycles. The Morgan fingerprint density at radius 1 is 1.23 bits per heavy atom. The summed E-state index contributed by atoms with van der Waals surface area (Å²) in [5, 5.41) is 8.73. The van der Waals surface area contributed by atoms with Crippen LogP contribution in [0.2, 0.25) is 0 Å². The van der Waals surface area contributed by atoms with Crippen LogP contribution in [0.15, 0.2) is 48.9 Å². The molecule has 0 radical (unpaired) electrons. The Bertz CT molecular complexity index is 1330. The maximum absolute atomic E-state index is 12.7. The summed E-state index contributed by atoms with van der Waals surface area (Å²) in [6, 6.07) is 9.50. The van der Waals surface area contributed by atoms with E-state index in [-0.39, 0.29) is 17.7 Å². The molecular weight excluding hydrogens is 390 g/mol. The fourth-order valence-electron chi connectivity index (χ4n) is 4.01. The van der Waals surface area contributed by atoms with E-state index in [0.717, 1.165) is 39.6 Å². The van der Waals surface area contributed by atoms with Crippen LogP contribution in [-0.4, -0.2) is 25.7 Å². The first-order valence-electron chi connectivity index (χ1n) is 10.1. The van der Waals surface area contributed by atoms with Gasteiger partial charge in [-0.3, -0.25) is 9.48 Å². The minimum atomic E-state index is -0.0605. The van der Waals surface area contributed by atoms with Gasteiger partial charge in [0.05, 0.1) is 11.9 Å². The van der Waals surface area contributed by atoms with Crippen molar-refractivity contribution in [1.82, 2.24) is 19.7 Å². The molecule has 1 aliphatic carbocycles. The summed E-state index contributed by atoms with van der Waals surface area (Å²) in [6.07, 6.45) is 6.25. The minimum absolute atomic E-state index is 0.0327. The van der Waals surface area contributed by atoms with Gasteiger partial charge in [-0.05, 0) is 54.0 Å². The Labute approximate surface area is 179 Å². The molecule has 3 aromatic heterocycles. The van der Waals surface area contributed by atoms with Crippen LogP contribution in [0.5, 0.6) is 0 Å². The van der Waals surface area contributed by atoms with E-state index in [1.165, 1.54) is 0 Å². The Morgan fingerprint density at radius 3 is 2.84 bits per heavy atom. The summed E-state index contributed by atoms with van der Waals surface area (Å²) in [4.78, 5) is 21.6. The summed E-state index contributed by atoms with van der Waals surface area (Å²) in [5.74, 6) is 1.00. The highest BCUT2D eigenvalue weighted by Crippen LogP contribution is 2.47. The van der Waals surface area contributed by atoms with Gasteiger partial charge in [0.25, 0.3) is 0 Å². The SMILES string of the molecule is Cc1c(N)cccc1-c1cc2cc(NC(=O)[C@@H]3C[C@H]3c3cnn(C)c3)ncc2c(N)n1. The van der Waals surface area contributed by atoms with Gasteiger partial charge >= 0.3 is 0 Å². The van der Waals surface area contributed by atoms with Crippen molar-refractivity contribution in [2.45, 2.75) is 19.3 Å². The molecular formula is C23H23N7O. The number of pyridine rings is 2. The second-order valence-corrected chi connectivity index (χ2v) is 8.09. The van der Waals surface area contributed by atoms with Gasteiger partial charge in [-0.1, -0.05) is 12.1 Å². The molecule has 1 amide bonds. The molecule has 5 N–H and O–H groups in total. The molecule has 1 fully saturated rings. The third-order valence-corrected chi connectivity index (χ3v) is 5.93. The number of aromatic nitrogens is 4. The standard InChI is InChI=1S/C23H23N7O/c1-12-15(4-3-5-19(12)24)20-6-13-7-21(26-10-18(13)22(25)28-20)29-23(31)17-8-16(17)14-9-27-30(2)11-14/h3-7,9-11,16-17H,8,24H2,1-2H3,(H2,25,28)(H,26,29,31)/t16-,17+/m0/s1. The lowest BCUT2D eigenvalue weighted by Gasteiger charge is -2.11. The molecule has 1 aromatic carbocycles. The fraction of sp³-hybridized carbons (Fsp3) is 0.217. The highest BCUT2D eigenvalue weighted by atomic mass is 16.2. The highest BCUT2D eigenvalue weighted by molar-refractivity contribution is 5.99. The van der Waals surface area contributed by atoms with Gasteiger partial charge in [0.15, 0.2) is 0 Å². The number of hydrogen-bond donors (Lipinski definition) is 3. The molecule has 156 valence electrons. The van der Waals surface area contributed by atoms with Crippen molar-refractivity contribution in [3.8, 4) is 11.3 Å². The molecule has 31 heavy (non-hydrogen) atoms. The van der Waals surface area contributed by atoms with Crippen molar-refractivity contribution >= 4 is 34.0 Å². The van der Waals surface area contributed by atoms with Crippen molar-refractivity contribution in [3.05, 3.63) is 60.0 Å². The van der Waals surface area contributed by atoms with Crippen LogP contribution in [0.1, 0.15) is 23.5 Å². The molecule has 3 heterocycles. The van der Waals surface area contributed by atoms with Gasteiger partial charge in [-0.25, -0.2) is 9.97 Å². The Hall–Kier alpha value is -3.94. The Morgan fingerprint density at radius 2 is 2.06 bits per heavy atom. The molecule has 5 rings (SSSR count). The topological polar surface area (TPSA) is 125 Å². The first-order chi connectivity index (χ1) is 14.9. The van der Waals surface area contributed by atoms with E-state index in [2.05, 4.69) is 20.4 Å². The van der Waals surface area contributed by atoms with E-state index in [4.69, 9.17) is 11.5 Å². The molecule has 0 bridgehead atoms. The number of carbonyl (C=O) groups is 1. The van der Waals surface area contributed by atoms with Crippen LogP contribution >= 0.6 is 0 Å². The second-order valence-electron chi connectivity index (χ2n) is 8.09. The number of amides is 1. The number of nitrogens with two attached hydrogens (primary N) is 2. The molecule has 8 nitrogen and oxygen atoms in total. The second kappa shape index (κ2) is 7.09. The fourth-order valence-corrected chi connectivity index (χ4v) is 4.01. The molecule has 0 unspecified atom stereocenters. The maximum Gasteiger partial charge on any atom is 0.229 e. The van der Waals surface area contributed by atoms with Crippen LogP contribution in [0.4, 0.5) is 17.3 Å². The van der Waals surface area contributed by atoms with E-state index in [0.29, 0.717) is 17.3 Å². The lowest BCUT2D eigenvalue weighted by atomic mass is 10.0. The quantitative estimate of drug-likeness (QED) is 0.441. The predicted octanol–water partition coefficient (Wildman–Crippen LogP) is 3.25. The Balaban J connectivity index is 1.42. The van der Waals surface area contributed by atoms with E-state index < -0.39 is 0 Å². The molecule has 1 saturated carbocycles. The van der Waals surface area contributed by atoms with Crippen molar-refractivity contribution in [3.63, 3.8) is 0 Å². The number of nitrogens with zero attached hydrogens (tertiary/aromatic N) is 4. The van der Waals surface area contributed by atoms with Gasteiger partial charge in [-0.15, -0.1) is 0 Å². The number of fused-ring (bicyclic) bond motifs is 1. The number of nitrogen functional groups attached to an aromatic ring is 2.